The van der Waals surface area contributed by atoms with Crippen molar-refractivity contribution in [2.45, 2.75) is 13.0 Å². The summed E-state index contributed by atoms with van der Waals surface area (Å²) < 4.78 is 11.2. The third-order valence-electron chi connectivity index (χ3n) is 4.95. The third-order valence-corrected chi connectivity index (χ3v) is 5.20. The summed E-state index contributed by atoms with van der Waals surface area (Å²) >= 11 is 6.05. The van der Waals surface area contributed by atoms with Crippen LogP contribution in [0.3, 0.4) is 0 Å². The molecule has 0 aliphatic carbocycles. The lowest BCUT2D eigenvalue weighted by Crippen LogP contribution is -2.17. The van der Waals surface area contributed by atoms with E-state index in [1.165, 1.54) is 12.4 Å². The fraction of sp³-hybridized carbons (Fsp3) is 0.320. The van der Waals surface area contributed by atoms with Gasteiger partial charge in [0.15, 0.2) is 0 Å². The molecule has 180 valence electrons. The Balaban J connectivity index is 1.96. The Labute approximate surface area is 204 Å². The number of hydrogen-bond acceptors (Lipinski definition) is 7. The number of aromatic nitrogens is 2. The van der Waals surface area contributed by atoms with Crippen LogP contribution in [-0.4, -0.2) is 61.7 Å². The van der Waals surface area contributed by atoms with Crippen molar-refractivity contribution in [1.29, 1.82) is 0 Å². The smallest absolute Gasteiger partial charge is 0.248 e. The standard InChI is InChI=1S/C25H30ClN5O3/c1-5-34-23-14-20-19(13-21(23)29-24(32)7-6-12-31(2)3)25(28-16-27-20)30-22(15-33-4)17-8-10-18(26)11-9-17/h6-11,13-14,16,22H,5,12,15H2,1-4H3,(H,29,32)(H,27,28,30)/b7-6+/t22-/m1/s1. The molecule has 0 bridgehead atoms. The number of ether oxygens (including phenoxy) is 2. The molecule has 0 aliphatic heterocycles. The summed E-state index contributed by atoms with van der Waals surface area (Å²) in [6.07, 6.45) is 4.80. The van der Waals surface area contributed by atoms with Crippen LogP contribution in [0, 0.1) is 0 Å². The number of likely N-dealkylation sites (N-methyl/N-ethyl adjacent to an activating group) is 1. The van der Waals surface area contributed by atoms with Crippen molar-refractivity contribution in [3.05, 3.63) is 65.5 Å². The fourth-order valence-electron chi connectivity index (χ4n) is 3.36. The van der Waals surface area contributed by atoms with Crippen molar-refractivity contribution in [3.8, 4) is 5.75 Å². The highest BCUT2D eigenvalue weighted by molar-refractivity contribution is 6.30. The molecule has 0 fully saturated rings. The molecule has 2 aromatic carbocycles. The molecule has 0 spiro atoms. The number of amides is 1. The van der Waals surface area contributed by atoms with Crippen LogP contribution in [0.4, 0.5) is 11.5 Å². The Hall–Kier alpha value is -3.20. The second kappa shape index (κ2) is 12.3. The lowest BCUT2D eigenvalue weighted by molar-refractivity contribution is -0.111. The summed E-state index contributed by atoms with van der Waals surface area (Å²) in [6.45, 7) is 3.43. The molecule has 1 atom stereocenters. The highest BCUT2D eigenvalue weighted by Crippen LogP contribution is 2.33. The molecule has 34 heavy (non-hydrogen) atoms. The maximum Gasteiger partial charge on any atom is 0.248 e. The van der Waals surface area contributed by atoms with E-state index in [0.717, 1.165) is 10.9 Å². The maximum atomic E-state index is 12.5. The first-order valence-corrected chi connectivity index (χ1v) is 11.3. The first-order valence-electron chi connectivity index (χ1n) is 11.0. The maximum absolute atomic E-state index is 12.5. The van der Waals surface area contributed by atoms with Gasteiger partial charge >= 0.3 is 0 Å². The molecular weight excluding hydrogens is 454 g/mol. The molecule has 3 rings (SSSR count). The van der Waals surface area contributed by atoms with Crippen molar-refractivity contribution >= 4 is 39.9 Å². The van der Waals surface area contributed by atoms with Crippen molar-refractivity contribution < 1.29 is 14.3 Å². The quantitative estimate of drug-likeness (QED) is 0.387. The number of methoxy groups -OCH3 is 1. The number of rotatable bonds is 11. The number of benzene rings is 2. The van der Waals surface area contributed by atoms with Gasteiger partial charge in [0.25, 0.3) is 0 Å². The largest absolute Gasteiger partial charge is 0.492 e. The average molecular weight is 484 g/mol. The van der Waals surface area contributed by atoms with Gasteiger partial charge in [0.05, 0.1) is 30.5 Å². The predicted octanol–water partition coefficient (Wildman–Crippen LogP) is 4.54. The van der Waals surface area contributed by atoms with Gasteiger partial charge in [0.1, 0.15) is 17.9 Å². The Morgan fingerprint density at radius 3 is 2.65 bits per heavy atom. The molecule has 0 saturated heterocycles. The number of nitrogens with one attached hydrogen (secondary N) is 2. The Kier molecular flexibility index (Phi) is 9.21. The van der Waals surface area contributed by atoms with Gasteiger partial charge in [-0.2, -0.15) is 0 Å². The van der Waals surface area contributed by atoms with Crippen LogP contribution >= 0.6 is 11.6 Å². The summed E-state index contributed by atoms with van der Waals surface area (Å²) in [5, 5.41) is 7.77. The summed E-state index contributed by atoms with van der Waals surface area (Å²) in [5.74, 6) is 0.913. The number of halogens is 1. The van der Waals surface area contributed by atoms with Crippen molar-refractivity contribution in [2.24, 2.45) is 0 Å². The first kappa shape index (κ1) is 25.4. The molecule has 3 aromatic rings. The van der Waals surface area contributed by atoms with E-state index in [1.807, 2.05) is 56.3 Å². The van der Waals surface area contributed by atoms with Crippen LogP contribution in [0.1, 0.15) is 18.5 Å². The van der Waals surface area contributed by atoms with Crippen LogP contribution in [0.5, 0.6) is 5.75 Å². The normalized spacial score (nSPS) is 12.3. The van der Waals surface area contributed by atoms with Gasteiger partial charge in [-0.15, -0.1) is 0 Å². The average Bonchev–Trinajstić information content (AvgIpc) is 2.80. The minimum atomic E-state index is -0.244. The van der Waals surface area contributed by atoms with E-state index in [9.17, 15) is 4.79 Å². The van der Waals surface area contributed by atoms with E-state index in [4.69, 9.17) is 21.1 Å². The summed E-state index contributed by atoms with van der Waals surface area (Å²) in [7, 11) is 5.52. The second-order valence-electron chi connectivity index (χ2n) is 7.88. The molecule has 1 amide bonds. The van der Waals surface area contributed by atoms with Crippen LogP contribution in [0.2, 0.25) is 5.02 Å². The molecule has 2 N–H and O–H groups in total. The van der Waals surface area contributed by atoms with Gasteiger partial charge < -0.3 is 25.0 Å². The third kappa shape index (κ3) is 6.90. The molecule has 1 aromatic heterocycles. The number of carbonyl (C=O) groups excluding carboxylic acids is 1. The minimum Gasteiger partial charge on any atom is -0.492 e. The molecule has 8 nitrogen and oxygen atoms in total. The minimum absolute atomic E-state index is 0.168. The molecule has 9 heteroatoms. The predicted molar refractivity (Wildman–Crippen MR) is 137 cm³/mol. The molecule has 0 unspecified atom stereocenters. The number of carbonyl (C=O) groups is 1. The fourth-order valence-corrected chi connectivity index (χ4v) is 3.49. The zero-order valence-corrected chi connectivity index (χ0v) is 20.6. The van der Waals surface area contributed by atoms with E-state index < -0.39 is 0 Å². The van der Waals surface area contributed by atoms with Crippen LogP contribution in [0.15, 0.2) is 54.9 Å². The number of hydrogen-bond donors (Lipinski definition) is 2. The van der Waals surface area contributed by atoms with E-state index in [-0.39, 0.29) is 11.9 Å². The highest BCUT2D eigenvalue weighted by atomic mass is 35.5. The monoisotopic (exact) mass is 483 g/mol. The second-order valence-corrected chi connectivity index (χ2v) is 8.31. The van der Waals surface area contributed by atoms with Crippen molar-refractivity contribution in [3.63, 3.8) is 0 Å². The number of fused-ring (bicyclic) bond motifs is 1. The van der Waals surface area contributed by atoms with Gasteiger partial charge in [0.2, 0.25) is 5.91 Å². The van der Waals surface area contributed by atoms with Crippen molar-refractivity contribution in [1.82, 2.24) is 14.9 Å². The van der Waals surface area contributed by atoms with Gasteiger partial charge in [-0.1, -0.05) is 29.8 Å². The van der Waals surface area contributed by atoms with Gasteiger partial charge in [-0.05, 0) is 44.8 Å². The number of nitrogens with zero attached hydrogens (tertiary/aromatic N) is 3. The SMILES string of the molecule is CCOc1cc2ncnc(N[C@H](COC)c3ccc(Cl)cc3)c2cc1NC(=O)/C=C/CN(C)C. The summed E-state index contributed by atoms with van der Waals surface area (Å²) in [5.41, 5.74) is 2.24. The van der Waals surface area contributed by atoms with E-state index >= 15 is 0 Å². The molecule has 0 aliphatic rings. The highest BCUT2D eigenvalue weighted by Gasteiger charge is 2.17. The zero-order valence-electron chi connectivity index (χ0n) is 19.8. The summed E-state index contributed by atoms with van der Waals surface area (Å²) in [6, 6.07) is 11.0. The zero-order chi connectivity index (χ0) is 24.5. The Morgan fingerprint density at radius 2 is 1.97 bits per heavy atom. The van der Waals surface area contributed by atoms with Gasteiger partial charge in [0, 0.05) is 36.2 Å². The molecule has 0 radical (unpaired) electrons. The van der Waals surface area contributed by atoms with Crippen LogP contribution in [-0.2, 0) is 9.53 Å². The number of anilines is 2. The van der Waals surface area contributed by atoms with E-state index in [1.54, 1.807) is 19.3 Å². The van der Waals surface area contributed by atoms with Crippen LogP contribution in [0.25, 0.3) is 10.9 Å². The van der Waals surface area contributed by atoms with Gasteiger partial charge in [-0.25, -0.2) is 9.97 Å². The van der Waals surface area contributed by atoms with E-state index in [0.29, 0.717) is 47.6 Å². The Morgan fingerprint density at radius 1 is 1.21 bits per heavy atom. The Bertz CT molecular complexity index is 1140. The lowest BCUT2D eigenvalue weighted by Gasteiger charge is -2.20. The van der Waals surface area contributed by atoms with Gasteiger partial charge in [-0.3, -0.25) is 4.79 Å². The lowest BCUT2D eigenvalue weighted by atomic mass is 10.1. The van der Waals surface area contributed by atoms with Crippen molar-refractivity contribution in [2.75, 3.05) is 51.6 Å². The molecular formula is C25H30ClN5O3. The first-order chi connectivity index (χ1) is 16.4. The molecule has 0 saturated carbocycles. The molecule has 1 heterocycles. The topological polar surface area (TPSA) is 88.6 Å². The van der Waals surface area contributed by atoms with Crippen LogP contribution < -0.4 is 15.4 Å². The summed E-state index contributed by atoms with van der Waals surface area (Å²) in [4.78, 5) is 23.3. The van der Waals surface area contributed by atoms with E-state index in [2.05, 4.69) is 20.6 Å².